The largest absolute Gasteiger partial charge is 0.384 e. The molecule has 0 saturated heterocycles. The number of hydrogen-bond donors (Lipinski definition) is 3. The Kier molecular flexibility index (Phi) is 4.37. The zero-order valence-electron chi connectivity index (χ0n) is 11.5. The lowest BCUT2D eigenvalue weighted by molar-refractivity contribution is -0.140. The highest BCUT2D eigenvalue weighted by molar-refractivity contribution is 6.31. The molecule has 110 valence electrons. The van der Waals surface area contributed by atoms with Crippen molar-refractivity contribution in [3.63, 3.8) is 0 Å². The fraction of sp³-hybridized carbons (Fsp3) is 0.533. The van der Waals surface area contributed by atoms with E-state index in [2.05, 4.69) is 5.32 Å². The summed E-state index contributed by atoms with van der Waals surface area (Å²) < 4.78 is 0. The van der Waals surface area contributed by atoms with Gasteiger partial charge in [-0.05, 0) is 38.7 Å². The van der Waals surface area contributed by atoms with Crippen molar-refractivity contribution in [2.45, 2.75) is 43.8 Å². The second-order valence-electron chi connectivity index (χ2n) is 5.68. The monoisotopic (exact) mass is 297 g/mol. The quantitative estimate of drug-likeness (QED) is 0.796. The van der Waals surface area contributed by atoms with Crippen molar-refractivity contribution in [1.29, 1.82) is 0 Å². The fourth-order valence-electron chi connectivity index (χ4n) is 2.60. The van der Waals surface area contributed by atoms with E-state index in [4.69, 9.17) is 11.6 Å². The topological polar surface area (TPSA) is 69.6 Å². The highest BCUT2D eigenvalue weighted by Crippen LogP contribution is 2.30. The van der Waals surface area contributed by atoms with Gasteiger partial charge in [-0.15, -0.1) is 0 Å². The third-order valence-electron chi connectivity index (χ3n) is 3.90. The zero-order valence-corrected chi connectivity index (χ0v) is 12.3. The lowest BCUT2D eigenvalue weighted by atomic mass is 9.95. The second-order valence-corrected chi connectivity index (χ2v) is 6.08. The van der Waals surface area contributed by atoms with Gasteiger partial charge < -0.3 is 15.5 Å². The molecule has 1 aliphatic carbocycles. The Labute approximate surface area is 123 Å². The summed E-state index contributed by atoms with van der Waals surface area (Å²) in [5.41, 5.74) is -2.00. The summed E-state index contributed by atoms with van der Waals surface area (Å²) in [6.45, 7) is 1.60. The molecule has 20 heavy (non-hydrogen) atoms. The third-order valence-corrected chi connectivity index (χ3v) is 4.23. The summed E-state index contributed by atoms with van der Waals surface area (Å²) in [7, 11) is 0. The van der Waals surface area contributed by atoms with E-state index >= 15 is 0 Å². The number of rotatable bonds is 4. The van der Waals surface area contributed by atoms with Crippen LogP contribution in [-0.2, 0) is 10.4 Å². The lowest BCUT2D eigenvalue weighted by Crippen LogP contribution is -2.49. The van der Waals surface area contributed by atoms with Gasteiger partial charge in [0.2, 0.25) is 0 Å². The molecule has 1 aromatic carbocycles. The highest BCUT2D eigenvalue weighted by atomic mass is 35.5. The summed E-state index contributed by atoms with van der Waals surface area (Å²) in [5.74, 6) is -0.415. The zero-order chi connectivity index (χ0) is 14.8. The van der Waals surface area contributed by atoms with E-state index in [1.165, 1.54) is 0 Å². The van der Waals surface area contributed by atoms with Crippen LogP contribution in [0.2, 0.25) is 5.02 Å². The van der Waals surface area contributed by atoms with E-state index in [1.807, 2.05) is 0 Å². The standard InChI is InChI=1S/C15H20ClNO3/c1-14(19,11-6-2-3-7-12(11)16)10-17-13(18)15(20)8-4-5-9-15/h2-3,6-7,19-20H,4-5,8-10H2,1H3,(H,17,18)/t14-/m1/s1. The molecule has 0 spiro atoms. The van der Waals surface area contributed by atoms with Crippen molar-refractivity contribution in [3.8, 4) is 0 Å². The molecule has 0 radical (unpaired) electrons. The van der Waals surface area contributed by atoms with Crippen molar-refractivity contribution in [1.82, 2.24) is 5.32 Å². The van der Waals surface area contributed by atoms with Crippen LogP contribution in [0.25, 0.3) is 0 Å². The first-order valence-electron chi connectivity index (χ1n) is 6.83. The van der Waals surface area contributed by atoms with Gasteiger partial charge >= 0.3 is 0 Å². The molecule has 0 unspecified atom stereocenters. The van der Waals surface area contributed by atoms with Crippen LogP contribution in [0, 0.1) is 0 Å². The predicted octanol–water partition coefficient (Wildman–Crippen LogP) is 1.97. The molecular weight excluding hydrogens is 278 g/mol. The van der Waals surface area contributed by atoms with Crippen molar-refractivity contribution in [2.75, 3.05) is 6.54 Å². The minimum Gasteiger partial charge on any atom is -0.384 e. The number of amides is 1. The van der Waals surface area contributed by atoms with Crippen molar-refractivity contribution in [3.05, 3.63) is 34.9 Å². The predicted molar refractivity (Wildman–Crippen MR) is 77.5 cm³/mol. The van der Waals surface area contributed by atoms with Gasteiger partial charge in [0.25, 0.3) is 5.91 Å². The molecule has 0 aromatic heterocycles. The molecule has 0 aliphatic heterocycles. The summed E-state index contributed by atoms with van der Waals surface area (Å²) in [6, 6.07) is 6.97. The maximum Gasteiger partial charge on any atom is 0.252 e. The number of carbonyl (C=O) groups excluding carboxylic acids is 1. The lowest BCUT2D eigenvalue weighted by Gasteiger charge is -2.28. The molecule has 1 amide bonds. The molecule has 3 N–H and O–H groups in total. The summed E-state index contributed by atoms with van der Waals surface area (Å²) in [5, 5.41) is 23.7. The molecule has 2 rings (SSSR count). The molecule has 1 fully saturated rings. The molecule has 0 heterocycles. The van der Waals surface area contributed by atoms with E-state index in [1.54, 1.807) is 31.2 Å². The molecule has 1 aliphatic rings. The Balaban J connectivity index is 2.02. The van der Waals surface area contributed by atoms with Crippen LogP contribution in [0.15, 0.2) is 24.3 Å². The number of benzene rings is 1. The SMILES string of the molecule is C[C@@](O)(CNC(=O)C1(O)CCCC1)c1ccccc1Cl. The maximum atomic E-state index is 12.0. The minimum absolute atomic E-state index is 0.0118. The first kappa shape index (κ1) is 15.3. The Morgan fingerprint density at radius 1 is 1.40 bits per heavy atom. The van der Waals surface area contributed by atoms with Crippen LogP contribution in [0.1, 0.15) is 38.2 Å². The molecule has 4 nitrogen and oxygen atoms in total. The van der Waals surface area contributed by atoms with Gasteiger partial charge in [0, 0.05) is 10.6 Å². The van der Waals surface area contributed by atoms with E-state index < -0.39 is 17.1 Å². The summed E-state index contributed by atoms with van der Waals surface area (Å²) in [6.07, 6.45) is 2.66. The van der Waals surface area contributed by atoms with Gasteiger partial charge in [0.15, 0.2) is 0 Å². The van der Waals surface area contributed by atoms with Gasteiger partial charge in [0.05, 0.1) is 6.54 Å². The third kappa shape index (κ3) is 3.14. The number of hydrogen-bond acceptors (Lipinski definition) is 3. The number of aliphatic hydroxyl groups is 2. The van der Waals surface area contributed by atoms with Crippen LogP contribution in [0.3, 0.4) is 0 Å². The number of halogens is 1. The van der Waals surface area contributed by atoms with Gasteiger partial charge in [0.1, 0.15) is 11.2 Å². The Morgan fingerprint density at radius 2 is 2.00 bits per heavy atom. The van der Waals surface area contributed by atoms with Crippen LogP contribution >= 0.6 is 11.6 Å². The fourth-order valence-corrected chi connectivity index (χ4v) is 2.94. The molecule has 1 saturated carbocycles. The van der Waals surface area contributed by atoms with Gasteiger partial charge in [-0.1, -0.05) is 29.8 Å². The van der Waals surface area contributed by atoms with Crippen LogP contribution < -0.4 is 5.32 Å². The van der Waals surface area contributed by atoms with Gasteiger partial charge in [-0.2, -0.15) is 0 Å². The van der Waals surface area contributed by atoms with E-state index in [0.717, 1.165) is 12.8 Å². The van der Waals surface area contributed by atoms with E-state index in [0.29, 0.717) is 23.4 Å². The normalized spacial score (nSPS) is 20.4. The van der Waals surface area contributed by atoms with Crippen LogP contribution in [0.5, 0.6) is 0 Å². The van der Waals surface area contributed by atoms with Gasteiger partial charge in [-0.25, -0.2) is 0 Å². The Morgan fingerprint density at radius 3 is 2.60 bits per heavy atom. The van der Waals surface area contributed by atoms with E-state index in [-0.39, 0.29) is 6.54 Å². The average molecular weight is 298 g/mol. The van der Waals surface area contributed by atoms with Crippen LogP contribution in [0.4, 0.5) is 0 Å². The molecular formula is C15H20ClNO3. The minimum atomic E-state index is -1.28. The van der Waals surface area contributed by atoms with Crippen molar-refractivity contribution >= 4 is 17.5 Å². The molecule has 0 bridgehead atoms. The van der Waals surface area contributed by atoms with Crippen molar-refractivity contribution in [2.24, 2.45) is 0 Å². The molecule has 1 aromatic rings. The summed E-state index contributed by atoms with van der Waals surface area (Å²) in [4.78, 5) is 12.0. The maximum absolute atomic E-state index is 12.0. The van der Waals surface area contributed by atoms with Crippen LogP contribution in [-0.4, -0.2) is 28.3 Å². The number of carbonyl (C=O) groups is 1. The smallest absolute Gasteiger partial charge is 0.252 e. The Bertz CT molecular complexity index is 496. The Hall–Kier alpha value is -1.10. The average Bonchev–Trinajstić information content (AvgIpc) is 2.84. The van der Waals surface area contributed by atoms with Crippen molar-refractivity contribution < 1.29 is 15.0 Å². The first-order chi connectivity index (χ1) is 9.35. The van der Waals surface area contributed by atoms with E-state index in [9.17, 15) is 15.0 Å². The second kappa shape index (κ2) is 5.72. The molecule has 1 atom stereocenters. The molecule has 5 heteroatoms. The highest BCUT2D eigenvalue weighted by Gasteiger charge is 2.39. The number of nitrogens with one attached hydrogen (secondary N) is 1. The first-order valence-corrected chi connectivity index (χ1v) is 7.21. The van der Waals surface area contributed by atoms with Gasteiger partial charge in [-0.3, -0.25) is 4.79 Å². The summed E-state index contributed by atoms with van der Waals surface area (Å²) >= 11 is 6.06.